The molecule has 2 atom stereocenters. The van der Waals surface area contributed by atoms with Crippen LogP contribution in [0, 0.1) is 11.3 Å². The Morgan fingerprint density at radius 1 is 1.76 bits per heavy atom. The van der Waals surface area contributed by atoms with Crippen molar-refractivity contribution in [2.75, 3.05) is 0 Å². The Hall–Kier alpha value is -2.39. The molecule has 1 N–H and O–H groups in total. The second kappa shape index (κ2) is 7.41. The van der Waals surface area contributed by atoms with Crippen LogP contribution in [0.5, 0.6) is 0 Å². The van der Waals surface area contributed by atoms with E-state index in [1.807, 2.05) is 6.07 Å². The first-order chi connectivity index (χ1) is 9.92. The molecule has 0 amide bonds. The molecule has 6 nitrogen and oxygen atoms in total. The Morgan fingerprint density at radius 3 is 2.90 bits per heavy atom. The number of aromatic carboxylic acids is 1. The molecular formula is C14H15ClN4O2. The van der Waals surface area contributed by atoms with E-state index in [-0.39, 0.29) is 22.7 Å². The zero-order valence-corrected chi connectivity index (χ0v) is 12.3. The highest BCUT2D eigenvalue weighted by Crippen LogP contribution is 2.24. The van der Waals surface area contributed by atoms with Crippen LogP contribution in [0.15, 0.2) is 35.6 Å². The molecule has 1 unspecified atom stereocenters. The number of carbonyl (C=O) groups is 1. The number of aromatic nitrogens is 2. The molecule has 0 saturated heterocycles. The van der Waals surface area contributed by atoms with Crippen LogP contribution < -0.4 is 0 Å². The van der Waals surface area contributed by atoms with Gasteiger partial charge in [0.1, 0.15) is 11.6 Å². The lowest BCUT2D eigenvalue weighted by Gasteiger charge is -2.19. The summed E-state index contributed by atoms with van der Waals surface area (Å²) in [7, 11) is 0. The fourth-order valence-electron chi connectivity index (χ4n) is 1.76. The summed E-state index contributed by atoms with van der Waals surface area (Å²) in [6.07, 6.45) is 5.06. The van der Waals surface area contributed by atoms with Gasteiger partial charge in [0.2, 0.25) is 0 Å². The summed E-state index contributed by atoms with van der Waals surface area (Å²) < 4.78 is 1.34. The summed E-state index contributed by atoms with van der Waals surface area (Å²) >= 11 is 6.14. The van der Waals surface area contributed by atoms with E-state index < -0.39 is 5.97 Å². The number of halogens is 1. The number of alkyl halides is 1. The van der Waals surface area contributed by atoms with E-state index in [1.165, 1.54) is 4.68 Å². The van der Waals surface area contributed by atoms with Crippen LogP contribution in [0.2, 0.25) is 0 Å². The Bertz CT molecular complexity index is 625. The lowest BCUT2D eigenvalue weighted by atomic mass is 10.1. The molecule has 1 aromatic rings. The minimum atomic E-state index is -1.20. The van der Waals surface area contributed by atoms with Crippen molar-refractivity contribution in [3.8, 4) is 6.07 Å². The number of rotatable bonds is 7. The van der Waals surface area contributed by atoms with E-state index in [4.69, 9.17) is 22.0 Å². The van der Waals surface area contributed by atoms with Gasteiger partial charge in [0, 0.05) is 0 Å². The van der Waals surface area contributed by atoms with Gasteiger partial charge in [-0.1, -0.05) is 12.7 Å². The number of nitriles is 1. The van der Waals surface area contributed by atoms with Gasteiger partial charge in [-0.3, -0.25) is 4.99 Å². The van der Waals surface area contributed by atoms with Gasteiger partial charge in [0.25, 0.3) is 0 Å². The Kier molecular flexibility index (Phi) is 5.88. The molecule has 0 aliphatic heterocycles. The SMILES string of the molecule is C=NC(=C)/C=C\C[C@H](C(C)Cl)n1ncc(C(=O)O)c1C#N. The summed E-state index contributed by atoms with van der Waals surface area (Å²) in [4.78, 5) is 14.7. The maximum atomic E-state index is 11.0. The average molecular weight is 307 g/mol. The number of aliphatic imine (C=N–C) groups is 1. The second-order valence-corrected chi connectivity index (χ2v) is 4.99. The van der Waals surface area contributed by atoms with Gasteiger partial charge >= 0.3 is 5.97 Å². The molecule has 21 heavy (non-hydrogen) atoms. The van der Waals surface area contributed by atoms with Gasteiger partial charge in [-0.05, 0) is 26.1 Å². The number of nitrogens with zero attached hydrogens (tertiary/aromatic N) is 4. The molecule has 0 fully saturated rings. The minimum absolute atomic E-state index is 0.0194. The Balaban J connectivity index is 3.10. The van der Waals surface area contributed by atoms with Crippen LogP contribution in [0.3, 0.4) is 0 Å². The van der Waals surface area contributed by atoms with Gasteiger partial charge in [0.15, 0.2) is 5.69 Å². The Morgan fingerprint density at radius 2 is 2.43 bits per heavy atom. The lowest BCUT2D eigenvalue weighted by molar-refractivity contribution is 0.0696. The molecule has 0 spiro atoms. The highest BCUT2D eigenvalue weighted by atomic mass is 35.5. The molecule has 0 saturated carbocycles. The van der Waals surface area contributed by atoms with Gasteiger partial charge in [-0.15, -0.1) is 11.6 Å². The zero-order chi connectivity index (χ0) is 16.0. The van der Waals surface area contributed by atoms with Crippen LogP contribution in [-0.2, 0) is 0 Å². The second-order valence-electron chi connectivity index (χ2n) is 4.30. The van der Waals surface area contributed by atoms with Crippen LogP contribution in [0.1, 0.15) is 35.4 Å². The first-order valence-corrected chi connectivity index (χ1v) is 6.53. The Labute approximate surface area is 127 Å². The quantitative estimate of drug-likeness (QED) is 0.476. The largest absolute Gasteiger partial charge is 0.478 e. The van der Waals surface area contributed by atoms with Crippen molar-refractivity contribution in [1.82, 2.24) is 9.78 Å². The molecular weight excluding hydrogens is 292 g/mol. The molecule has 0 aliphatic carbocycles. The van der Waals surface area contributed by atoms with Gasteiger partial charge in [0.05, 0.1) is 23.3 Å². The van der Waals surface area contributed by atoms with E-state index in [0.717, 1.165) is 6.20 Å². The molecule has 1 heterocycles. The molecule has 1 rings (SSSR count). The van der Waals surface area contributed by atoms with Crippen molar-refractivity contribution in [1.29, 1.82) is 5.26 Å². The predicted octanol–water partition coefficient (Wildman–Crippen LogP) is 2.78. The molecule has 0 bridgehead atoms. The van der Waals surface area contributed by atoms with E-state index in [0.29, 0.717) is 12.1 Å². The van der Waals surface area contributed by atoms with Crippen LogP contribution in [0.25, 0.3) is 0 Å². The third-order valence-electron chi connectivity index (χ3n) is 2.87. The normalized spacial score (nSPS) is 13.6. The topological polar surface area (TPSA) is 91.3 Å². The molecule has 110 valence electrons. The fourth-order valence-corrected chi connectivity index (χ4v) is 1.97. The third-order valence-corrected chi connectivity index (χ3v) is 3.16. The third kappa shape index (κ3) is 4.04. The minimum Gasteiger partial charge on any atom is -0.478 e. The predicted molar refractivity (Wildman–Crippen MR) is 80.7 cm³/mol. The summed E-state index contributed by atoms with van der Waals surface area (Å²) in [5.41, 5.74) is 0.346. The average Bonchev–Trinajstić information content (AvgIpc) is 2.86. The summed E-state index contributed by atoms with van der Waals surface area (Å²) in [6.45, 7) is 8.75. The van der Waals surface area contributed by atoms with E-state index in [9.17, 15) is 4.79 Å². The van der Waals surface area contributed by atoms with Gasteiger partial charge in [-0.2, -0.15) is 10.4 Å². The summed E-state index contributed by atoms with van der Waals surface area (Å²) in [5, 5.41) is 21.8. The zero-order valence-electron chi connectivity index (χ0n) is 11.5. The van der Waals surface area contributed by atoms with Crippen LogP contribution in [0.4, 0.5) is 0 Å². The van der Waals surface area contributed by atoms with Crippen LogP contribution >= 0.6 is 11.6 Å². The highest BCUT2D eigenvalue weighted by molar-refractivity contribution is 6.20. The molecule has 0 aromatic carbocycles. The van der Waals surface area contributed by atoms with Crippen molar-refractivity contribution in [2.24, 2.45) is 4.99 Å². The number of allylic oxidation sites excluding steroid dienone is 2. The van der Waals surface area contributed by atoms with Crippen molar-refractivity contribution in [3.63, 3.8) is 0 Å². The smallest absolute Gasteiger partial charge is 0.340 e. The lowest BCUT2D eigenvalue weighted by Crippen LogP contribution is -2.20. The van der Waals surface area contributed by atoms with E-state index in [1.54, 1.807) is 19.1 Å². The molecule has 7 heteroatoms. The summed E-state index contributed by atoms with van der Waals surface area (Å²) in [6, 6.07) is 1.50. The molecule has 0 aliphatic rings. The van der Waals surface area contributed by atoms with Crippen LogP contribution in [-0.4, -0.2) is 33.0 Å². The van der Waals surface area contributed by atoms with Crippen molar-refractivity contribution < 1.29 is 9.90 Å². The number of hydrogen-bond donors (Lipinski definition) is 1. The first kappa shape index (κ1) is 16.7. The number of carboxylic acids is 1. The maximum Gasteiger partial charge on any atom is 0.340 e. The fraction of sp³-hybridized carbons (Fsp3) is 0.286. The van der Waals surface area contributed by atoms with E-state index in [2.05, 4.69) is 23.4 Å². The number of hydrogen-bond acceptors (Lipinski definition) is 4. The van der Waals surface area contributed by atoms with Crippen molar-refractivity contribution >= 4 is 24.3 Å². The van der Waals surface area contributed by atoms with Gasteiger partial charge in [-0.25, -0.2) is 9.48 Å². The standard InChI is InChI=1S/C14H15ClN4O2/c1-9(17-3)5-4-6-12(10(2)15)19-13(7-16)11(8-18-19)14(20)21/h4-5,8,10,12H,1,3,6H2,2H3,(H,20,21)/b5-4-/t10?,12-/m1/s1. The summed E-state index contributed by atoms with van der Waals surface area (Å²) in [5.74, 6) is -1.20. The first-order valence-electron chi connectivity index (χ1n) is 6.09. The molecule has 0 radical (unpaired) electrons. The number of carboxylic acid groups (broad SMARTS) is 1. The monoisotopic (exact) mass is 306 g/mol. The molecule has 1 aromatic heterocycles. The van der Waals surface area contributed by atoms with Crippen molar-refractivity contribution in [2.45, 2.75) is 24.8 Å². The van der Waals surface area contributed by atoms with Crippen molar-refractivity contribution in [3.05, 3.63) is 41.9 Å². The van der Waals surface area contributed by atoms with Gasteiger partial charge < -0.3 is 5.11 Å². The van der Waals surface area contributed by atoms with E-state index >= 15 is 0 Å². The highest BCUT2D eigenvalue weighted by Gasteiger charge is 2.24. The maximum absolute atomic E-state index is 11.0.